The molecule has 0 radical (unpaired) electrons. The number of epoxide rings is 1. The predicted molar refractivity (Wildman–Crippen MR) is 113 cm³/mol. The van der Waals surface area contributed by atoms with Crippen LogP contribution in [0.25, 0.3) is 0 Å². The van der Waals surface area contributed by atoms with E-state index in [1.165, 1.54) is 10.4 Å². The average molecular weight is 385 g/mol. The van der Waals surface area contributed by atoms with Gasteiger partial charge in [0.25, 0.3) is 8.32 Å². The van der Waals surface area contributed by atoms with Gasteiger partial charge in [0.15, 0.2) is 0 Å². The Bertz CT molecular complexity index is 657. The highest BCUT2D eigenvalue weighted by atomic mass is 28.4. The zero-order valence-corrected chi connectivity index (χ0v) is 17.7. The summed E-state index contributed by atoms with van der Waals surface area (Å²) >= 11 is 0. The third-order valence-electron chi connectivity index (χ3n) is 5.49. The Labute approximate surface area is 164 Å². The molecule has 2 atom stereocenters. The molecule has 0 aromatic heterocycles. The Morgan fingerprint density at radius 1 is 0.889 bits per heavy atom. The van der Waals surface area contributed by atoms with Gasteiger partial charge in [0.2, 0.25) is 0 Å². The second-order valence-corrected chi connectivity index (χ2v) is 12.7. The van der Waals surface area contributed by atoms with Crippen LogP contribution in [0.1, 0.15) is 40.0 Å². The Kier molecular flexibility index (Phi) is 6.53. The third-order valence-corrected chi connectivity index (χ3v) is 10.5. The zero-order chi connectivity index (χ0) is 19.3. The molecule has 3 rings (SSSR count). The van der Waals surface area contributed by atoms with Crippen LogP contribution in [-0.4, -0.2) is 38.8 Å². The second kappa shape index (κ2) is 8.70. The number of rotatable bonds is 9. The van der Waals surface area contributed by atoms with Gasteiger partial charge in [-0.1, -0.05) is 81.4 Å². The van der Waals surface area contributed by atoms with Crippen molar-refractivity contribution in [2.75, 3.05) is 13.2 Å². The Morgan fingerprint density at radius 3 is 1.89 bits per heavy atom. The van der Waals surface area contributed by atoms with Crippen molar-refractivity contribution in [3.8, 4) is 0 Å². The van der Waals surface area contributed by atoms with E-state index < -0.39 is 8.32 Å². The number of benzene rings is 2. The molecular formula is C23H32O3Si. The first-order chi connectivity index (χ1) is 13.0. The van der Waals surface area contributed by atoms with E-state index in [1.54, 1.807) is 0 Å². The van der Waals surface area contributed by atoms with Gasteiger partial charge in [-0.3, -0.25) is 0 Å². The zero-order valence-electron chi connectivity index (χ0n) is 16.7. The molecule has 1 aliphatic heterocycles. The summed E-state index contributed by atoms with van der Waals surface area (Å²) in [6, 6.07) is 21.5. The number of hydrogen-bond acceptors (Lipinski definition) is 3. The summed E-state index contributed by atoms with van der Waals surface area (Å²) in [7, 11) is -2.40. The molecule has 0 spiro atoms. The Morgan fingerprint density at radius 2 is 1.44 bits per heavy atom. The normalized spacial score (nSPS) is 19.9. The number of unbranched alkanes of at least 4 members (excludes halogenated alkanes) is 1. The lowest BCUT2D eigenvalue weighted by molar-refractivity contribution is 0.241. The third kappa shape index (κ3) is 4.52. The summed E-state index contributed by atoms with van der Waals surface area (Å²) in [5, 5.41) is 11.8. The van der Waals surface area contributed by atoms with Crippen molar-refractivity contribution in [1.82, 2.24) is 0 Å². The first-order valence-corrected chi connectivity index (χ1v) is 11.9. The van der Waals surface area contributed by atoms with Crippen LogP contribution in [0.3, 0.4) is 0 Å². The van der Waals surface area contributed by atoms with Crippen molar-refractivity contribution < 1.29 is 14.3 Å². The van der Waals surface area contributed by atoms with Gasteiger partial charge >= 0.3 is 0 Å². The first-order valence-electron chi connectivity index (χ1n) is 10.0. The summed E-state index contributed by atoms with van der Waals surface area (Å²) in [5.74, 6) is 0. The maximum atomic E-state index is 9.08. The molecule has 1 fully saturated rings. The topological polar surface area (TPSA) is 42.0 Å². The smallest absolute Gasteiger partial charge is 0.261 e. The molecule has 1 aliphatic rings. The van der Waals surface area contributed by atoms with Crippen molar-refractivity contribution in [3.05, 3.63) is 60.7 Å². The largest absolute Gasteiger partial charge is 0.407 e. The van der Waals surface area contributed by atoms with Crippen molar-refractivity contribution >= 4 is 18.7 Å². The molecule has 0 unspecified atom stereocenters. The fourth-order valence-corrected chi connectivity index (χ4v) is 8.63. The molecule has 1 heterocycles. The average Bonchev–Trinajstić information content (AvgIpc) is 3.44. The lowest BCUT2D eigenvalue weighted by Gasteiger charge is -2.43. The molecule has 146 valence electrons. The van der Waals surface area contributed by atoms with Gasteiger partial charge < -0.3 is 14.3 Å². The summed E-state index contributed by atoms with van der Waals surface area (Å²) < 4.78 is 12.3. The molecule has 4 heteroatoms. The highest BCUT2D eigenvalue weighted by Crippen LogP contribution is 2.37. The van der Waals surface area contributed by atoms with Crippen LogP contribution >= 0.6 is 0 Å². The van der Waals surface area contributed by atoms with Crippen molar-refractivity contribution in [2.45, 2.75) is 57.3 Å². The van der Waals surface area contributed by atoms with E-state index in [1.807, 2.05) is 0 Å². The van der Waals surface area contributed by atoms with Crippen LogP contribution in [0.2, 0.25) is 5.04 Å². The Hall–Kier alpha value is -1.46. The predicted octanol–water partition coefficient (Wildman–Crippen LogP) is 3.49. The molecule has 0 amide bonds. The van der Waals surface area contributed by atoms with Gasteiger partial charge in [-0.25, -0.2) is 0 Å². The maximum absolute atomic E-state index is 9.08. The van der Waals surface area contributed by atoms with Crippen LogP contribution < -0.4 is 10.4 Å². The minimum Gasteiger partial charge on any atom is -0.407 e. The molecule has 3 nitrogen and oxygen atoms in total. The fraction of sp³-hybridized carbons (Fsp3) is 0.478. The maximum Gasteiger partial charge on any atom is 0.261 e. The SMILES string of the molecule is CC(C)(C)[Si](OCCCC[C@@H]1O[C@@H]1CO)(c1ccccc1)c1ccccc1. The molecule has 0 bridgehead atoms. The van der Waals surface area contributed by atoms with Gasteiger partial charge in [-0.15, -0.1) is 0 Å². The van der Waals surface area contributed by atoms with Gasteiger partial charge in [-0.05, 0) is 34.7 Å². The fourth-order valence-electron chi connectivity index (χ4n) is 4.03. The first kappa shape index (κ1) is 20.3. The monoisotopic (exact) mass is 384 g/mol. The minimum absolute atomic E-state index is 0.0251. The van der Waals surface area contributed by atoms with Crippen LogP contribution in [0.4, 0.5) is 0 Å². The lowest BCUT2D eigenvalue weighted by Crippen LogP contribution is -2.66. The second-order valence-electron chi connectivity index (χ2n) is 8.40. The number of hydrogen-bond donors (Lipinski definition) is 1. The van der Waals surface area contributed by atoms with Crippen molar-refractivity contribution in [2.24, 2.45) is 0 Å². The molecule has 2 aromatic carbocycles. The summed E-state index contributed by atoms with van der Waals surface area (Å²) in [4.78, 5) is 0. The molecule has 27 heavy (non-hydrogen) atoms. The minimum atomic E-state index is -2.40. The lowest BCUT2D eigenvalue weighted by atomic mass is 10.1. The van der Waals surface area contributed by atoms with E-state index in [9.17, 15) is 0 Å². The van der Waals surface area contributed by atoms with Gasteiger partial charge in [0.1, 0.15) is 6.10 Å². The number of ether oxygens (including phenoxy) is 1. The van der Waals surface area contributed by atoms with Crippen LogP contribution in [-0.2, 0) is 9.16 Å². The number of aliphatic hydroxyl groups is 1. The van der Waals surface area contributed by atoms with E-state index in [-0.39, 0.29) is 23.9 Å². The highest BCUT2D eigenvalue weighted by Gasteiger charge is 2.50. The molecule has 0 aliphatic carbocycles. The Balaban J connectivity index is 1.77. The quantitative estimate of drug-likeness (QED) is 0.409. The van der Waals surface area contributed by atoms with Gasteiger partial charge in [0.05, 0.1) is 12.7 Å². The molecular weight excluding hydrogens is 352 g/mol. The van der Waals surface area contributed by atoms with E-state index in [2.05, 4.69) is 81.4 Å². The van der Waals surface area contributed by atoms with Crippen molar-refractivity contribution in [3.63, 3.8) is 0 Å². The van der Waals surface area contributed by atoms with Crippen LogP contribution in [0, 0.1) is 0 Å². The van der Waals surface area contributed by atoms with E-state index in [4.69, 9.17) is 14.3 Å². The number of aliphatic hydroxyl groups excluding tert-OH is 1. The summed E-state index contributed by atoms with van der Waals surface area (Å²) in [5.41, 5.74) is 0. The molecule has 1 saturated heterocycles. The van der Waals surface area contributed by atoms with Crippen LogP contribution in [0.5, 0.6) is 0 Å². The summed E-state index contributed by atoms with van der Waals surface area (Å²) in [6.45, 7) is 7.82. The molecule has 1 N–H and O–H groups in total. The van der Waals surface area contributed by atoms with E-state index in [0.717, 1.165) is 25.9 Å². The van der Waals surface area contributed by atoms with E-state index in [0.29, 0.717) is 0 Å². The summed E-state index contributed by atoms with van der Waals surface area (Å²) in [6.07, 6.45) is 3.42. The van der Waals surface area contributed by atoms with E-state index >= 15 is 0 Å². The molecule has 2 aromatic rings. The van der Waals surface area contributed by atoms with Crippen molar-refractivity contribution in [1.29, 1.82) is 0 Å². The molecule has 0 saturated carbocycles. The highest BCUT2D eigenvalue weighted by molar-refractivity contribution is 6.99. The standard InChI is InChI=1S/C23H32O3Si/c1-23(2,3)27(19-12-6-4-7-13-19,20-14-8-5-9-15-20)25-17-11-10-16-21-22(18-24)26-21/h4-9,12-15,21-22,24H,10-11,16-18H2,1-3H3/t21-,22+/m0/s1. The van der Waals surface area contributed by atoms with Crippen LogP contribution in [0.15, 0.2) is 60.7 Å². The van der Waals surface area contributed by atoms with Gasteiger partial charge in [-0.2, -0.15) is 0 Å². The van der Waals surface area contributed by atoms with Gasteiger partial charge in [0, 0.05) is 6.61 Å².